The Morgan fingerprint density at radius 2 is 2.04 bits per heavy atom. The second-order valence-electron chi connectivity index (χ2n) is 6.27. The van der Waals surface area contributed by atoms with Crippen molar-refractivity contribution >= 4 is 5.91 Å². The lowest BCUT2D eigenvalue weighted by Crippen LogP contribution is -2.30. The van der Waals surface area contributed by atoms with E-state index in [0.717, 1.165) is 29.9 Å². The standard InChI is InChI=1S/C18H22FN3O/c1-12(10-13-6-8-14(19)9-7-13)18(23)20-11-17-21-15-4-2-3-5-16(15)22-17/h6-9,12H,2-5,10-11H2,1H3,(H,20,23)(H,21,22). The number of rotatable bonds is 5. The van der Waals surface area contributed by atoms with Crippen molar-refractivity contribution in [2.45, 2.75) is 45.6 Å². The van der Waals surface area contributed by atoms with Crippen LogP contribution in [-0.2, 0) is 30.6 Å². The highest BCUT2D eigenvalue weighted by molar-refractivity contribution is 5.78. The molecule has 1 atom stereocenters. The van der Waals surface area contributed by atoms with Crippen LogP contribution in [0.25, 0.3) is 0 Å². The molecule has 0 bridgehead atoms. The minimum atomic E-state index is -0.257. The van der Waals surface area contributed by atoms with Crippen molar-refractivity contribution in [3.05, 3.63) is 52.9 Å². The van der Waals surface area contributed by atoms with Gasteiger partial charge in [0.25, 0.3) is 0 Å². The molecule has 4 nitrogen and oxygen atoms in total. The normalized spacial score (nSPS) is 15.0. The van der Waals surface area contributed by atoms with Crippen LogP contribution in [0.4, 0.5) is 4.39 Å². The Kier molecular flexibility index (Phi) is 4.74. The molecule has 122 valence electrons. The Bertz CT molecular complexity index is 655. The molecule has 5 heteroatoms. The van der Waals surface area contributed by atoms with Crippen LogP contribution in [0, 0.1) is 11.7 Å². The van der Waals surface area contributed by atoms with Crippen LogP contribution in [0.1, 0.15) is 42.5 Å². The molecular weight excluding hydrogens is 293 g/mol. The summed E-state index contributed by atoms with van der Waals surface area (Å²) in [6.45, 7) is 2.31. The van der Waals surface area contributed by atoms with Crippen molar-refractivity contribution in [3.8, 4) is 0 Å². The molecule has 23 heavy (non-hydrogen) atoms. The summed E-state index contributed by atoms with van der Waals surface area (Å²) in [5.74, 6) is 0.403. The van der Waals surface area contributed by atoms with Gasteiger partial charge in [-0.05, 0) is 49.8 Å². The number of halogens is 1. The van der Waals surface area contributed by atoms with Gasteiger partial charge in [-0.3, -0.25) is 4.79 Å². The third-order valence-electron chi connectivity index (χ3n) is 4.34. The summed E-state index contributed by atoms with van der Waals surface area (Å²) in [6, 6.07) is 6.29. The number of amides is 1. The summed E-state index contributed by atoms with van der Waals surface area (Å²) < 4.78 is 12.9. The second-order valence-corrected chi connectivity index (χ2v) is 6.27. The zero-order valence-electron chi connectivity index (χ0n) is 13.4. The van der Waals surface area contributed by atoms with Crippen LogP contribution in [0.5, 0.6) is 0 Å². The summed E-state index contributed by atoms with van der Waals surface area (Å²) in [6.07, 6.45) is 5.08. The number of aromatic nitrogens is 2. The molecule has 1 aliphatic rings. The first-order valence-electron chi connectivity index (χ1n) is 8.20. The lowest BCUT2D eigenvalue weighted by Gasteiger charge is -2.11. The number of aryl methyl sites for hydroxylation is 2. The molecule has 1 amide bonds. The van der Waals surface area contributed by atoms with Gasteiger partial charge in [-0.25, -0.2) is 9.37 Å². The second kappa shape index (κ2) is 6.94. The lowest BCUT2D eigenvalue weighted by molar-refractivity contribution is -0.124. The number of imidazole rings is 1. The van der Waals surface area contributed by atoms with Gasteiger partial charge in [-0.2, -0.15) is 0 Å². The molecule has 0 fully saturated rings. The van der Waals surface area contributed by atoms with Crippen LogP contribution in [0.15, 0.2) is 24.3 Å². The van der Waals surface area contributed by atoms with E-state index in [1.165, 1.54) is 30.7 Å². The van der Waals surface area contributed by atoms with Crippen LogP contribution in [0.2, 0.25) is 0 Å². The number of hydrogen-bond acceptors (Lipinski definition) is 2. The minimum Gasteiger partial charge on any atom is -0.349 e. The van der Waals surface area contributed by atoms with Gasteiger partial charge in [-0.1, -0.05) is 19.1 Å². The molecule has 1 unspecified atom stereocenters. The molecule has 1 aromatic carbocycles. The molecule has 0 saturated carbocycles. The molecule has 2 N–H and O–H groups in total. The molecule has 1 heterocycles. The highest BCUT2D eigenvalue weighted by atomic mass is 19.1. The maximum atomic E-state index is 12.9. The number of aromatic amines is 1. The van der Waals surface area contributed by atoms with E-state index >= 15 is 0 Å². The summed E-state index contributed by atoms with van der Waals surface area (Å²) in [5, 5.41) is 2.93. The fraction of sp³-hybridized carbons (Fsp3) is 0.444. The number of carbonyl (C=O) groups is 1. The lowest BCUT2D eigenvalue weighted by atomic mass is 10.0. The maximum Gasteiger partial charge on any atom is 0.223 e. The molecule has 2 aromatic rings. The number of carbonyl (C=O) groups excluding carboxylic acids is 1. The van der Waals surface area contributed by atoms with Gasteiger partial charge >= 0.3 is 0 Å². The predicted molar refractivity (Wildman–Crippen MR) is 86.3 cm³/mol. The van der Waals surface area contributed by atoms with E-state index in [1.807, 2.05) is 6.92 Å². The number of benzene rings is 1. The van der Waals surface area contributed by atoms with E-state index in [1.54, 1.807) is 12.1 Å². The van der Waals surface area contributed by atoms with E-state index in [9.17, 15) is 9.18 Å². The van der Waals surface area contributed by atoms with Crippen molar-refractivity contribution in [3.63, 3.8) is 0 Å². The Labute approximate surface area is 135 Å². The summed E-state index contributed by atoms with van der Waals surface area (Å²) >= 11 is 0. The monoisotopic (exact) mass is 315 g/mol. The van der Waals surface area contributed by atoms with Gasteiger partial charge in [0.1, 0.15) is 11.6 Å². The maximum absolute atomic E-state index is 12.9. The topological polar surface area (TPSA) is 57.8 Å². The van der Waals surface area contributed by atoms with Gasteiger partial charge in [-0.15, -0.1) is 0 Å². The average molecular weight is 315 g/mol. The van der Waals surface area contributed by atoms with Crippen LogP contribution >= 0.6 is 0 Å². The Morgan fingerprint density at radius 3 is 2.78 bits per heavy atom. The molecule has 1 aliphatic carbocycles. The van der Waals surface area contributed by atoms with Crippen LogP contribution in [-0.4, -0.2) is 15.9 Å². The molecule has 3 rings (SSSR count). The first-order valence-corrected chi connectivity index (χ1v) is 8.20. The number of hydrogen-bond donors (Lipinski definition) is 2. The van der Waals surface area contributed by atoms with E-state index in [0.29, 0.717) is 13.0 Å². The largest absolute Gasteiger partial charge is 0.349 e. The Balaban J connectivity index is 1.52. The Morgan fingerprint density at radius 1 is 1.30 bits per heavy atom. The molecule has 0 aliphatic heterocycles. The zero-order valence-corrected chi connectivity index (χ0v) is 13.4. The third-order valence-corrected chi connectivity index (χ3v) is 4.34. The summed E-state index contributed by atoms with van der Waals surface area (Å²) in [5.41, 5.74) is 3.34. The van der Waals surface area contributed by atoms with Gasteiger partial charge in [0.2, 0.25) is 5.91 Å². The van der Waals surface area contributed by atoms with Gasteiger partial charge < -0.3 is 10.3 Å². The number of nitrogens with one attached hydrogen (secondary N) is 2. The molecule has 0 spiro atoms. The van der Waals surface area contributed by atoms with Crippen molar-refractivity contribution in [2.75, 3.05) is 0 Å². The van der Waals surface area contributed by atoms with E-state index < -0.39 is 0 Å². The number of nitrogens with zero attached hydrogens (tertiary/aromatic N) is 1. The van der Waals surface area contributed by atoms with Crippen LogP contribution in [0.3, 0.4) is 0 Å². The van der Waals surface area contributed by atoms with Crippen molar-refractivity contribution in [1.29, 1.82) is 0 Å². The van der Waals surface area contributed by atoms with Crippen molar-refractivity contribution < 1.29 is 9.18 Å². The molecule has 1 aromatic heterocycles. The highest BCUT2D eigenvalue weighted by Crippen LogP contribution is 2.18. The van der Waals surface area contributed by atoms with Crippen LogP contribution < -0.4 is 5.32 Å². The fourth-order valence-electron chi connectivity index (χ4n) is 3.01. The van der Waals surface area contributed by atoms with E-state index in [4.69, 9.17) is 0 Å². The SMILES string of the molecule is CC(Cc1ccc(F)cc1)C(=O)NCc1nc2c([nH]1)CCCC2. The highest BCUT2D eigenvalue weighted by Gasteiger charge is 2.16. The third kappa shape index (κ3) is 3.97. The fourth-order valence-corrected chi connectivity index (χ4v) is 3.01. The Hall–Kier alpha value is -2.17. The molecular formula is C18H22FN3O. The van der Waals surface area contributed by atoms with Gasteiger partial charge in [0.05, 0.1) is 12.2 Å². The first kappa shape index (κ1) is 15.7. The predicted octanol–water partition coefficient (Wildman–Crippen LogP) is 2.92. The van der Waals surface area contributed by atoms with Crippen molar-refractivity contribution in [1.82, 2.24) is 15.3 Å². The van der Waals surface area contributed by atoms with Crippen molar-refractivity contribution in [2.24, 2.45) is 5.92 Å². The smallest absolute Gasteiger partial charge is 0.223 e. The quantitative estimate of drug-likeness (QED) is 0.891. The average Bonchev–Trinajstić information content (AvgIpc) is 2.97. The number of H-pyrrole nitrogens is 1. The first-order chi connectivity index (χ1) is 11.1. The molecule has 0 radical (unpaired) electrons. The van der Waals surface area contributed by atoms with Gasteiger partial charge in [0.15, 0.2) is 0 Å². The zero-order chi connectivity index (χ0) is 16.2. The summed E-state index contributed by atoms with van der Waals surface area (Å²) in [7, 11) is 0. The molecule has 0 saturated heterocycles. The van der Waals surface area contributed by atoms with E-state index in [-0.39, 0.29) is 17.6 Å². The summed E-state index contributed by atoms with van der Waals surface area (Å²) in [4.78, 5) is 20.1. The van der Waals surface area contributed by atoms with E-state index in [2.05, 4.69) is 15.3 Å². The number of fused-ring (bicyclic) bond motifs is 1. The minimum absolute atomic E-state index is 0.0105. The van der Waals surface area contributed by atoms with Gasteiger partial charge in [0, 0.05) is 11.6 Å².